The molecule has 0 bridgehead atoms. The largest absolute Gasteiger partial charge is 0.354 e. The lowest BCUT2D eigenvalue weighted by atomic mass is 10.1. The molecular weight excluding hydrogens is 421 g/mol. The summed E-state index contributed by atoms with van der Waals surface area (Å²) in [4.78, 5) is 18.8. The van der Waals surface area contributed by atoms with Gasteiger partial charge in [-0.25, -0.2) is 4.98 Å². The van der Waals surface area contributed by atoms with E-state index in [0.717, 1.165) is 23.4 Å². The van der Waals surface area contributed by atoms with Crippen molar-refractivity contribution in [3.63, 3.8) is 0 Å². The van der Waals surface area contributed by atoms with Gasteiger partial charge in [-0.3, -0.25) is 4.79 Å². The Bertz CT molecular complexity index is 1060. The van der Waals surface area contributed by atoms with Gasteiger partial charge in [0.2, 0.25) is 5.91 Å². The van der Waals surface area contributed by atoms with Crippen LogP contribution in [0.1, 0.15) is 23.2 Å². The highest BCUT2D eigenvalue weighted by atomic mass is 35.5. The summed E-state index contributed by atoms with van der Waals surface area (Å²) < 4.78 is 2.02. The van der Waals surface area contributed by atoms with Crippen molar-refractivity contribution in [2.24, 2.45) is 0 Å². The Morgan fingerprint density at radius 2 is 2.00 bits per heavy atom. The van der Waals surface area contributed by atoms with Crippen molar-refractivity contribution in [2.45, 2.75) is 25.6 Å². The number of nitrogens with one attached hydrogen (secondary N) is 1. The summed E-state index contributed by atoms with van der Waals surface area (Å²) in [7, 11) is 0. The van der Waals surface area contributed by atoms with E-state index in [9.17, 15) is 10.1 Å². The molecule has 2 aromatic carbocycles. The number of halogens is 2. The molecule has 1 aliphatic heterocycles. The van der Waals surface area contributed by atoms with E-state index in [-0.39, 0.29) is 24.4 Å². The van der Waals surface area contributed by atoms with Crippen LogP contribution < -0.4 is 10.2 Å². The Kier molecular flexibility index (Phi) is 6.99. The lowest BCUT2D eigenvalue weighted by Gasteiger charge is -2.29. The summed E-state index contributed by atoms with van der Waals surface area (Å²) >= 11 is 6.05. The maximum Gasteiger partial charge on any atom is 0.242 e. The highest BCUT2D eigenvalue weighted by Crippen LogP contribution is 2.25. The maximum atomic E-state index is 12.4. The van der Waals surface area contributed by atoms with Crippen molar-refractivity contribution in [3.8, 4) is 6.07 Å². The second kappa shape index (κ2) is 9.66. The normalized spacial score (nSPS) is 15.2. The molecule has 1 atom stereocenters. The molecule has 1 saturated heterocycles. The zero-order chi connectivity index (χ0) is 20.2. The Hall–Kier alpha value is -3.01. The third-order valence-electron chi connectivity index (χ3n) is 5.16. The van der Waals surface area contributed by atoms with E-state index >= 15 is 0 Å². The molecule has 1 unspecified atom stereocenters. The lowest BCUT2D eigenvalue weighted by molar-refractivity contribution is -0.120. The minimum Gasteiger partial charge on any atom is -0.354 e. The Morgan fingerprint density at radius 1 is 1.23 bits per heavy atom. The molecule has 1 fully saturated rings. The molecule has 0 radical (unpaired) electrons. The molecular formula is C22H21Cl2N5O. The van der Waals surface area contributed by atoms with Gasteiger partial charge in [0.1, 0.15) is 6.04 Å². The molecule has 2 heterocycles. The van der Waals surface area contributed by atoms with Gasteiger partial charge in [-0.2, -0.15) is 5.26 Å². The van der Waals surface area contributed by atoms with Crippen molar-refractivity contribution in [1.29, 1.82) is 5.26 Å². The van der Waals surface area contributed by atoms with Gasteiger partial charge in [-0.05, 0) is 42.3 Å². The van der Waals surface area contributed by atoms with E-state index in [1.165, 1.54) is 0 Å². The topological polar surface area (TPSA) is 74.0 Å². The number of hydrogen-bond acceptors (Lipinski definition) is 4. The second-order valence-corrected chi connectivity index (χ2v) is 7.42. The lowest BCUT2D eigenvalue weighted by Crippen LogP contribution is -2.40. The van der Waals surface area contributed by atoms with Crippen LogP contribution in [0.5, 0.6) is 0 Å². The number of nitriles is 1. The van der Waals surface area contributed by atoms with Crippen LogP contribution in [0.4, 0.5) is 5.69 Å². The first-order valence-electron chi connectivity index (χ1n) is 9.42. The van der Waals surface area contributed by atoms with Crippen molar-refractivity contribution in [2.75, 3.05) is 11.4 Å². The van der Waals surface area contributed by atoms with E-state index in [1.807, 2.05) is 59.3 Å². The van der Waals surface area contributed by atoms with Gasteiger partial charge in [0.05, 0.1) is 36.7 Å². The number of aromatic nitrogens is 2. The van der Waals surface area contributed by atoms with Gasteiger partial charge >= 0.3 is 0 Å². The van der Waals surface area contributed by atoms with Crippen LogP contribution in [0, 0.1) is 11.3 Å². The Balaban J connectivity index is 0.00000256. The predicted molar refractivity (Wildman–Crippen MR) is 119 cm³/mol. The highest BCUT2D eigenvalue weighted by Gasteiger charge is 2.31. The average molecular weight is 442 g/mol. The van der Waals surface area contributed by atoms with Crippen LogP contribution in [-0.2, 0) is 17.9 Å². The van der Waals surface area contributed by atoms with Crippen LogP contribution in [-0.4, -0.2) is 28.0 Å². The number of benzene rings is 2. The van der Waals surface area contributed by atoms with Crippen LogP contribution in [0.15, 0.2) is 61.1 Å². The van der Waals surface area contributed by atoms with Crippen LogP contribution in [0.3, 0.4) is 0 Å². The monoisotopic (exact) mass is 441 g/mol. The first-order chi connectivity index (χ1) is 14.2. The number of rotatable bonds is 6. The van der Waals surface area contributed by atoms with Gasteiger partial charge in [-0.15, -0.1) is 12.4 Å². The van der Waals surface area contributed by atoms with Crippen molar-refractivity contribution < 1.29 is 4.79 Å². The molecule has 0 aliphatic carbocycles. The van der Waals surface area contributed by atoms with E-state index < -0.39 is 0 Å². The smallest absolute Gasteiger partial charge is 0.242 e. The van der Waals surface area contributed by atoms with E-state index in [2.05, 4.69) is 21.3 Å². The third-order valence-corrected chi connectivity index (χ3v) is 5.42. The van der Waals surface area contributed by atoms with Crippen LogP contribution in [0.25, 0.3) is 0 Å². The van der Waals surface area contributed by atoms with E-state index in [0.29, 0.717) is 30.2 Å². The zero-order valence-corrected chi connectivity index (χ0v) is 17.7. The molecule has 0 saturated carbocycles. The number of anilines is 1. The van der Waals surface area contributed by atoms with E-state index in [1.54, 1.807) is 6.33 Å². The number of carbonyl (C=O) groups is 1. The molecule has 6 nitrogen and oxygen atoms in total. The van der Waals surface area contributed by atoms with Crippen LogP contribution >= 0.6 is 24.0 Å². The Labute approximate surface area is 186 Å². The van der Waals surface area contributed by atoms with Crippen molar-refractivity contribution >= 4 is 35.6 Å². The van der Waals surface area contributed by atoms with E-state index in [4.69, 9.17) is 11.6 Å². The quantitative estimate of drug-likeness (QED) is 0.631. The molecule has 3 aromatic rings. The fourth-order valence-electron chi connectivity index (χ4n) is 3.64. The molecule has 0 spiro atoms. The minimum absolute atomic E-state index is 0. The molecule has 4 rings (SSSR count). The number of nitrogens with zero attached hydrogens (tertiary/aromatic N) is 4. The van der Waals surface area contributed by atoms with Gasteiger partial charge in [0.25, 0.3) is 0 Å². The highest BCUT2D eigenvalue weighted by molar-refractivity contribution is 6.30. The van der Waals surface area contributed by atoms with Crippen molar-refractivity contribution in [1.82, 2.24) is 14.9 Å². The molecule has 8 heteroatoms. The summed E-state index contributed by atoms with van der Waals surface area (Å²) in [6.07, 6.45) is 4.32. The van der Waals surface area contributed by atoms with Gasteiger partial charge in [0, 0.05) is 23.5 Å². The first kappa shape index (κ1) is 21.7. The Morgan fingerprint density at radius 3 is 2.70 bits per heavy atom. The van der Waals surface area contributed by atoms with Gasteiger partial charge in [0.15, 0.2) is 0 Å². The maximum absolute atomic E-state index is 12.4. The number of carbonyl (C=O) groups excluding carboxylic acids is 1. The predicted octanol–water partition coefficient (Wildman–Crippen LogP) is 3.77. The second-order valence-electron chi connectivity index (χ2n) is 6.98. The fourth-order valence-corrected chi connectivity index (χ4v) is 3.77. The summed E-state index contributed by atoms with van der Waals surface area (Å²) in [5.41, 5.74) is 3.48. The summed E-state index contributed by atoms with van der Waals surface area (Å²) in [5.74, 6) is 0.0286. The van der Waals surface area contributed by atoms with Gasteiger partial charge in [-0.1, -0.05) is 29.8 Å². The number of amides is 1. The fraction of sp³-hybridized carbons (Fsp3) is 0.227. The minimum atomic E-state index is -0.245. The summed E-state index contributed by atoms with van der Waals surface area (Å²) in [6, 6.07) is 17.1. The third kappa shape index (κ3) is 4.59. The first-order valence-corrected chi connectivity index (χ1v) is 9.80. The zero-order valence-electron chi connectivity index (χ0n) is 16.2. The molecule has 30 heavy (non-hydrogen) atoms. The van der Waals surface area contributed by atoms with Gasteiger partial charge < -0.3 is 14.8 Å². The average Bonchev–Trinajstić information content (AvgIpc) is 3.36. The number of hydrogen-bond donors (Lipinski definition) is 1. The molecule has 1 N–H and O–H groups in total. The SMILES string of the molecule is Cl.N#Cc1ccccc1Cn1cncc1CN(c1ccc(Cl)cc1)C1CCNC1=O. The standard InChI is InChI=1S/C22H20ClN5O.ClH/c23-18-5-7-19(8-6-18)28(21-9-10-26-22(21)29)14-20-12-25-15-27(20)13-17-4-2-1-3-16(17)11-24;/h1-8,12,15,21H,9-10,13-14H2,(H,26,29);1H. The van der Waals surface area contributed by atoms with Crippen molar-refractivity contribution in [3.05, 3.63) is 82.9 Å². The summed E-state index contributed by atoms with van der Waals surface area (Å²) in [6.45, 7) is 1.74. The number of imidazole rings is 1. The summed E-state index contributed by atoms with van der Waals surface area (Å²) in [5, 5.41) is 12.9. The molecule has 1 amide bonds. The van der Waals surface area contributed by atoms with Crippen LogP contribution in [0.2, 0.25) is 5.02 Å². The molecule has 1 aliphatic rings. The molecule has 154 valence electrons. The molecule has 1 aromatic heterocycles.